The maximum Gasteiger partial charge on any atom is 0.161 e. The molecule has 5 nitrogen and oxygen atoms in total. The van der Waals surface area contributed by atoms with Gasteiger partial charge in [-0.3, -0.25) is 4.79 Å². The van der Waals surface area contributed by atoms with Crippen LogP contribution in [0.4, 0.5) is 0 Å². The van der Waals surface area contributed by atoms with Crippen LogP contribution in [-0.2, 0) is 0 Å². The molecule has 4 aromatic carbocycles. The minimum absolute atomic E-state index is 0. The fraction of sp³-hybridized carbons (Fsp3) is 0.250. The van der Waals surface area contributed by atoms with Crippen LogP contribution in [0.1, 0.15) is 32.1 Å². The molecule has 2 heterocycles. The first-order valence-electron chi connectivity index (χ1n) is 10.3. The first-order chi connectivity index (χ1) is 15.2. The van der Waals surface area contributed by atoms with Gasteiger partial charge in [0.15, 0.2) is 28.8 Å². The fourth-order valence-electron chi connectivity index (χ4n) is 3.73. The molecule has 0 spiro atoms. The number of hydrogen-bond acceptors (Lipinski definition) is 5. The van der Waals surface area contributed by atoms with Crippen LogP contribution in [0.2, 0.25) is 0 Å². The van der Waals surface area contributed by atoms with Gasteiger partial charge in [0.1, 0.15) is 26.4 Å². The molecule has 0 unspecified atom stereocenters. The van der Waals surface area contributed by atoms with E-state index in [-0.39, 0.29) is 20.6 Å². The van der Waals surface area contributed by atoms with E-state index >= 15 is 0 Å². The highest BCUT2D eigenvalue weighted by Gasteiger charge is 2.13. The molecular formula is C28H30O5. The monoisotopic (exact) mass is 446 g/mol. The zero-order valence-electron chi connectivity index (χ0n) is 17.2. The third-order valence-corrected chi connectivity index (χ3v) is 5.32. The van der Waals surface area contributed by atoms with Gasteiger partial charge in [-0.25, -0.2) is 0 Å². The van der Waals surface area contributed by atoms with Gasteiger partial charge in [0.05, 0.1) is 0 Å². The quantitative estimate of drug-likeness (QED) is 0.305. The molecule has 6 rings (SSSR count). The first kappa shape index (κ1) is 23.9. The Morgan fingerprint density at radius 3 is 1.39 bits per heavy atom. The molecule has 0 radical (unpaired) electrons. The summed E-state index contributed by atoms with van der Waals surface area (Å²) < 4.78 is 22.1. The Morgan fingerprint density at radius 2 is 0.970 bits per heavy atom. The highest BCUT2D eigenvalue weighted by Crippen LogP contribution is 2.35. The molecule has 172 valence electrons. The second-order valence-electron chi connectivity index (χ2n) is 7.46. The standard InChI is InChI=1S/C14H12O3.C12H10O2.2CH4/c1-9(15)10-2-3-11-7-13-14(8-12(11)6-10)17-5-4-16-13;1-2-4-10-8-12-11(7-9(10)3-1)13-5-6-14-12;;/h2-3,6-8H,4-5H2,1H3;1-4,7-8H,5-6H2;2*1H4. The van der Waals surface area contributed by atoms with Crippen molar-refractivity contribution in [3.63, 3.8) is 0 Å². The van der Waals surface area contributed by atoms with Gasteiger partial charge >= 0.3 is 0 Å². The summed E-state index contributed by atoms with van der Waals surface area (Å²) in [6.45, 7) is 4.02. The van der Waals surface area contributed by atoms with E-state index in [0.29, 0.717) is 32.0 Å². The lowest BCUT2D eigenvalue weighted by atomic mass is 10.0. The Kier molecular flexibility index (Phi) is 7.44. The maximum atomic E-state index is 11.3. The molecule has 4 aromatic rings. The van der Waals surface area contributed by atoms with Crippen molar-refractivity contribution < 1.29 is 23.7 Å². The van der Waals surface area contributed by atoms with Crippen molar-refractivity contribution in [3.05, 3.63) is 72.3 Å². The number of carbonyl (C=O) groups is 1. The predicted octanol–water partition coefficient (Wildman–Crippen LogP) is 6.70. The van der Waals surface area contributed by atoms with E-state index in [1.165, 1.54) is 10.8 Å². The first-order valence-corrected chi connectivity index (χ1v) is 10.3. The number of ketones is 1. The topological polar surface area (TPSA) is 54.0 Å². The zero-order valence-corrected chi connectivity index (χ0v) is 17.2. The average Bonchev–Trinajstić information content (AvgIpc) is 2.81. The van der Waals surface area contributed by atoms with Gasteiger partial charge in [-0.2, -0.15) is 0 Å². The SMILES string of the molecule is C.C.CC(=O)c1ccc2cc3c(cc2c1)OCCO3.c1ccc2cc3c(cc2c1)OCCO3. The van der Waals surface area contributed by atoms with Crippen LogP contribution in [0.5, 0.6) is 23.0 Å². The van der Waals surface area contributed by atoms with Crippen molar-refractivity contribution in [1.29, 1.82) is 0 Å². The van der Waals surface area contributed by atoms with Crippen molar-refractivity contribution in [3.8, 4) is 23.0 Å². The van der Waals surface area contributed by atoms with Crippen molar-refractivity contribution in [2.75, 3.05) is 26.4 Å². The average molecular weight is 447 g/mol. The summed E-state index contributed by atoms with van der Waals surface area (Å²) in [6, 6.07) is 21.8. The summed E-state index contributed by atoms with van der Waals surface area (Å²) in [5.41, 5.74) is 0.717. The van der Waals surface area contributed by atoms with Crippen LogP contribution >= 0.6 is 0 Å². The Hall–Kier alpha value is -3.73. The van der Waals surface area contributed by atoms with E-state index < -0.39 is 0 Å². The third kappa shape index (κ3) is 5.03. The lowest BCUT2D eigenvalue weighted by molar-refractivity contribution is 0.101. The number of benzene rings is 4. The van der Waals surface area contributed by atoms with Gasteiger partial charge in [0.25, 0.3) is 0 Å². The fourth-order valence-corrected chi connectivity index (χ4v) is 3.73. The number of fused-ring (bicyclic) bond motifs is 4. The maximum absolute atomic E-state index is 11.3. The Balaban J connectivity index is 0.000000178. The van der Waals surface area contributed by atoms with Crippen molar-refractivity contribution in [1.82, 2.24) is 0 Å². The van der Waals surface area contributed by atoms with E-state index in [0.717, 1.165) is 33.8 Å². The molecule has 33 heavy (non-hydrogen) atoms. The number of hydrogen-bond donors (Lipinski definition) is 0. The molecule has 0 aliphatic carbocycles. The van der Waals surface area contributed by atoms with Crippen LogP contribution in [0, 0.1) is 0 Å². The van der Waals surface area contributed by atoms with E-state index in [9.17, 15) is 4.79 Å². The van der Waals surface area contributed by atoms with Crippen LogP contribution in [-0.4, -0.2) is 32.2 Å². The molecule has 0 atom stereocenters. The number of Topliss-reactive ketones (excluding diaryl/α,β-unsaturated/α-hetero) is 1. The molecule has 5 heteroatoms. The van der Waals surface area contributed by atoms with Crippen molar-refractivity contribution >= 4 is 27.3 Å². The van der Waals surface area contributed by atoms with Gasteiger partial charge in [-0.05, 0) is 58.8 Å². The predicted molar refractivity (Wildman–Crippen MR) is 133 cm³/mol. The van der Waals surface area contributed by atoms with E-state index in [2.05, 4.69) is 12.1 Å². The minimum atomic E-state index is 0. The van der Waals surface area contributed by atoms with E-state index in [1.54, 1.807) is 6.92 Å². The molecular weight excluding hydrogens is 416 g/mol. The highest BCUT2D eigenvalue weighted by atomic mass is 16.6. The minimum Gasteiger partial charge on any atom is -0.486 e. The Morgan fingerprint density at radius 1 is 0.576 bits per heavy atom. The molecule has 0 saturated carbocycles. The van der Waals surface area contributed by atoms with Crippen LogP contribution in [0.15, 0.2) is 66.7 Å². The van der Waals surface area contributed by atoms with Gasteiger partial charge in [0.2, 0.25) is 0 Å². The number of carbonyl (C=O) groups excluding carboxylic acids is 1. The van der Waals surface area contributed by atoms with Gasteiger partial charge in [0, 0.05) is 5.56 Å². The van der Waals surface area contributed by atoms with Gasteiger partial charge < -0.3 is 18.9 Å². The van der Waals surface area contributed by atoms with Gasteiger partial charge in [-0.1, -0.05) is 51.3 Å². The molecule has 0 fully saturated rings. The lowest BCUT2D eigenvalue weighted by Gasteiger charge is -2.18. The lowest BCUT2D eigenvalue weighted by Crippen LogP contribution is -2.15. The van der Waals surface area contributed by atoms with E-state index in [4.69, 9.17) is 18.9 Å². The van der Waals surface area contributed by atoms with Crippen LogP contribution in [0.25, 0.3) is 21.5 Å². The summed E-state index contributed by atoms with van der Waals surface area (Å²) in [5, 5.41) is 4.44. The normalized spacial score (nSPS) is 13.1. The Bertz CT molecular complexity index is 1230. The number of rotatable bonds is 1. The van der Waals surface area contributed by atoms with Crippen LogP contribution in [0.3, 0.4) is 0 Å². The second-order valence-corrected chi connectivity index (χ2v) is 7.46. The summed E-state index contributed by atoms with van der Waals surface area (Å²) >= 11 is 0. The van der Waals surface area contributed by atoms with E-state index in [1.807, 2.05) is 54.6 Å². The molecule has 2 aliphatic rings. The molecule has 0 aromatic heterocycles. The molecule has 0 N–H and O–H groups in total. The molecule has 0 amide bonds. The summed E-state index contributed by atoms with van der Waals surface area (Å²) in [6.07, 6.45) is 0. The Labute approximate surface area is 194 Å². The summed E-state index contributed by atoms with van der Waals surface area (Å²) in [7, 11) is 0. The largest absolute Gasteiger partial charge is 0.486 e. The van der Waals surface area contributed by atoms with Crippen molar-refractivity contribution in [2.45, 2.75) is 21.8 Å². The summed E-state index contributed by atoms with van der Waals surface area (Å²) in [4.78, 5) is 11.3. The summed E-state index contributed by atoms with van der Waals surface area (Å²) in [5.74, 6) is 3.32. The zero-order chi connectivity index (χ0) is 21.2. The highest BCUT2D eigenvalue weighted by molar-refractivity contribution is 5.99. The van der Waals surface area contributed by atoms with Gasteiger partial charge in [-0.15, -0.1) is 0 Å². The van der Waals surface area contributed by atoms with Crippen LogP contribution < -0.4 is 18.9 Å². The van der Waals surface area contributed by atoms with Crippen molar-refractivity contribution in [2.24, 2.45) is 0 Å². The molecule has 0 bridgehead atoms. The number of ether oxygens (including phenoxy) is 4. The third-order valence-electron chi connectivity index (χ3n) is 5.32. The second kappa shape index (κ2) is 10.3. The smallest absolute Gasteiger partial charge is 0.161 e. The molecule has 2 aliphatic heterocycles. The molecule has 0 saturated heterocycles.